The van der Waals surface area contributed by atoms with E-state index in [2.05, 4.69) is 0 Å². The molecule has 1 N–H and O–H groups in total. The van der Waals surface area contributed by atoms with Gasteiger partial charge in [0.2, 0.25) is 0 Å². The minimum absolute atomic E-state index is 0.0736. The van der Waals surface area contributed by atoms with Crippen molar-refractivity contribution in [2.75, 3.05) is 7.05 Å². The zero-order chi connectivity index (χ0) is 12.9. The minimum Gasteiger partial charge on any atom is -0.444 e. The van der Waals surface area contributed by atoms with E-state index in [9.17, 15) is 9.90 Å². The van der Waals surface area contributed by atoms with E-state index in [1.807, 2.05) is 27.7 Å². The fourth-order valence-corrected chi connectivity index (χ4v) is 1.19. The number of rotatable bonds is 4. The fourth-order valence-electron chi connectivity index (χ4n) is 1.19. The van der Waals surface area contributed by atoms with Crippen LogP contribution in [0.25, 0.3) is 0 Å². The Labute approximate surface area is 98.6 Å². The van der Waals surface area contributed by atoms with Crippen LogP contribution < -0.4 is 0 Å². The summed E-state index contributed by atoms with van der Waals surface area (Å²) >= 11 is 0. The fraction of sp³-hybridized carbons (Fsp3) is 0.917. The van der Waals surface area contributed by atoms with Crippen molar-refractivity contribution in [2.45, 2.75) is 65.2 Å². The van der Waals surface area contributed by atoms with Gasteiger partial charge < -0.3 is 14.7 Å². The van der Waals surface area contributed by atoms with Crippen LogP contribution in [0, 0.1) is 0 Å². The van der Waals surface area contributed by atoms with E-state index in [0.29, 0.717) is 6.42 Å². The monoisotopic (exact) mass is 231 g/mol. The standard InChI is InChI=1S/C12H25NO3/c1-9(7-8-10(2)14)13(6)11(15)16-12(3,4)5/h9-10,14H,7-8H2,1-6H3/t9-,10-/m0/s1. The molecular weight excluding hydrogens is 206 g/mol. The van der Waals surface area contributed by atoms with Crippen LogP contribution in [0.4, 0.5) is 4.79 Å². The Morgan fingerprint density at radius 2 is 1.81 bits per heavy atom. The normalized spacial score (nSPS) is 15.4. The highest BCUT2D eigenvalue weighted by atomic mass is 16.6. The molecule has 0 rings (SSSR count). The van der Waals surface area contributed by atoms with Gasteiger partial charge in [-0.3, -0.25) is 0 Å². The molecule has 0 aromatic carbocycles. The number of ether oxygens (including phenoxy) is 1. The molecule has 16 heavy (non-hydrogen) atoms. The molecule has 0 saturated heterocycles. The molecule has 0 aliphatic carbocycles. The second-order valence-electron chi connectivity index (χ2n) is 5.37. The predicted molar refractivity (Wildman–Crippen MR) is 64.4 cm³/mol. The van der Waals surface area contributed by atoms with Gasteiger partial charge in [0.05, 0.1) is 6.10 Å². The Morgan fingerprint density at radius 1 is 1.31 bits per heavy atom. The average molecular weight is 231 g/mol. The highest BCUT2D eigenvalue weighted by molar-refractivity contribution is 5.68. The number of carbonyl (C=O) groups excluding carboxylic acids is 1. The molecule has 0 radical (unpaired) electrons. The van der Waals surface area contributed by atoms with Gasteiger partial charge in [-0.15, -0.1) is 0 Å². The lowest BCUT2D eigenvalue weighted by molar-refractivity contribution is 0.0217. The maximum Gasteiger partial charge on any atom is 0.410 e. The summed E-state index contributed by atoms with van der Waals surface area (Å²) in [5, 5.41) is 9.17. The quantitative estimate of drug-likeness (QED) is 0.808. The van der Waals surface area contributed by atoms with Crippen molar-refractivity contribution in [1.82, 2.24) is 4.90 Å². The van der Waals surface area contributed by atoms with Gasteiger partial charge in [0.25, 0.3) is 0 Å². The molecule has 0 aromatic heterocycles. The molecule has 1 amide bonds. The van der Waals surface area contributed by atoms with Crippen LogP contribution in [0.3, 0.4) is 0 Å². The van der Waals surface area contributed by atoms with Crippen LogP contribution in [0.1, 0.15) is 47.5 Å². The maximum absolute atomic E-state index is 11.7. The molecular formula is C12H25NO3. The molecule has 0 aliphatic heterocycles. The van der Waals surface area contributed by atoms with Crippen LogP contribution in [-0.2, 0) is 4.74 Å². The summed E-state index contributed by atoms with van der Waals surface area (Å²) in [6.07, 6.45) is 0.821. The highest BCUT2D eigenvalue weighted by Crippen LogP contribution is 2.13. The molecule has 0 spiro atoms. The lowest BCUT2D eigenvalue weighted by atomic mass is 10.1. The number of aliphatic hydroxyl groups excluding tert-OH is 1. The van der Waals surface area contributed by atoms with Gasteiger partial charge in [0, 0.05) is 13.1 Å². The van der Waals surface area contributed by atoms with Crippen LogP contribution in [0.2, 0.25) is 0 Å². The molecule has 0 fully saturated rings. The third kappa shape index (κ3) is 6.67. The molecule has 0 unspecified atom stereocenters. The Hall–Kier alpha value is -0.770. The predicted octanol–water partition coefficient (Wildman–Crippen LogP) is 2.40. The van der Waals surface area contributed by atoms with E-state index < -0.39 is 5.60 Å². The molecule has 96 valence electrons. The molecule has 0 aromatic rings. The molecule has 0 bridgehead atoms. The smallest absolute Gasteiger partial charge is 0.410 e. The maximum atomic E-state index is 11.7. The van der Waals surface area contributed by atoms with Crippen molar-refractivity contribution >= 4 is 6.09 Å². The summed E-state index contributed by atoms with van der Waals surface area (Å²) in [6.45, 7) is 9.24. The summed E-state index contributed by atoms with van der Waals surface area (Å²) in [6, 6.07) is 0.0736. The number of amides is 1. The second-order valence-corrected chi connectivity index (χ2v) is 5.37. The van der Waals surface area contributed by atoms with E-state index in [0.717, 1.165) is 6.42 Å². The van der Waals surface area contributed by atoms with Crippen LogP contribution in [-0.4, -0.2) is 40.9 Å². The Balaban J connectivity index is 4.12. The second kappa shape index (κ2) is 6.09. The van der Waals surface area contributed by atoms with Crippen LogP contribution >= 0.6 is 0 Å². The highest BCUT2D eigenvalue weighted by Gasteiger charge is 2.22. The van der Waals surface area contributed by atoms with E-state index >= 15 is 0 Å². The minimum atomic E-state index is -0.463. The largest absolute Gasteiger partial charge is 0.444 e. The van der Waals surface area contributed by atoms with Gasteiger partial charge in [-0.05, 0) is 47.5 Å². The van der Waals surface area contributed by atoms with Gasteiger partial charge in [-0.25, -0.2) is 4.79 Å². The zero-order valence-electron chi connectivity index (χ0n) is 11.3. The van der Waals surface area contributed by atoms with Gasteiger partial charge in [0.1, 0.15) is 5.60 Å². The van der Waals surface area contributed by atoms with Crippen LogP contribution in [0.5, 0.6) is 0 Å². The van der Waals surface area contributed by atoms with Gasteiger partial charge in [-0.1, -0.05) is 0 Å². The van der Waals surface area contributed by atoms with E-state index in [1.165, 1.54) is 0 Å². The zero-order valence-corrected chi connectivity index (χ0v) is 11.3. The summed E-state index contributed by atoms with van der Waals surface area (Å²) < 4.78 is 5.25. The first-order chi connectivity index (χ1) is 7.13. The number of carbonyl (C=O) groups is 1. The summed E-state index contributed by atoms with van der Waals surface area (Å²) in [7, 11) is 1.72. The molecule has 0 aliphatic rings. The summed E-state index contributed by atoms with van der Waals surface area (Å²) in [4.78, 5) is 13.3. The molecule has 2 atom stereocenters. The Bertz CT molecular complexity index is 221. The Morgan fingerprint density at radius 3 is 2.19 bits per heavy atom. The van der Waals surface area contributed by atoms with E-state index in [4.69, 9.17) is 4.74 Å². The van der Waals surface area contributed by atoms with Gasteiger partial charge in [-0.2, -0.15) is 0 Å². The number of hydrogen-bond acceptors (Lipinski definition) is 3. The van der Waals surface area contributed by atoms with Crippen molar-refractivity contribution in [2.24, 2.45) is 0 Å². The third-order valence-corrected chi connectivity index (χ3v) is 2.34. The summed E-state index contributed by atoms with van der Waals surface area (Å²) in [5.74, 6) is 0. The van der Waals surface area contributed by atoms with Crippen molar-refractivity contribution in [3.05, 3.63) is 0 Å². The number of hydrogen-bond donors (Lipinski definition) is 1. The third-order valence-electron chi connectivity index (χ3n) is 2.34. The molecule has 0 saturated carbocycles. The van der Waals surface area contributed by atoms with Crippen molar-refractivity contribution in [3.8, 4) is 0 Å². The topological polar surface area (TPSA) is 49.8 Å². The Kier molecular flexibility index (Phi) is 5.79. The van der Waals surface area contributed by atoms with Crippen molar-refractivity contribution in [1.29, 1.82) is 0 Å². The van der Waals surface area contributed by atoms with E-state index in [-0.39, 0.29) is 18.2 Å². The average Bonchev–Trinajstić information content (AvgIpc) is 2.10. The number of aliphatic hydroxyl groups is 1. The van der Waals surface area contributed by atoms with Gasteiger partial charge in [0.15, 0.2) is 0 Å². The van der Waals surface area contributed by atoms with Crippen LogP contribution in [0.15, 0.2) is 0 Å². The first-order valence-electron chi connectivity index (χ1n) is 5.77. The van der Waals surface area contributed by atoms with Gasteiger partial charge >= 0.3 is 6.09 Å². The first-order valence-corrected chi connectivity index (χ1v) is 5.77. The lowest BCUT2D eigenvalue weighted by Gasteiger charge is -2.29. The van der Waals surface area contributed by atoms with E-state index in [1.54, 1.807) is 18.9 Å². The van der Waals surface area contributed by atoms with Crippen molar-refractivity contribution in [3.63, 3.8) is 0 Å². The molecule has 4 heteroatoms. The lowest BCUT2D eigenvalue weighted by Crippen LogP contribution is -2.39. The SMILES string of the molecule is C[C@H](O)CC[C@H](C)N(C)C(=O)OC(C)(C)C. The number of nitrogens with zero attached hydrogens (tertiary/aromatic N) is 1. The van der Waals surface area contributed by atoms with Crippen molar-refractivity contribution < 1.29 is 14.6 Å². The summed E-state index contributed by atoms with van der Waals surface area (Å²) in [5.41, 5.74) is -0.463. The first kappa shape index (κ1) is 15.2. The molecule has 4 nitrogen and oxygen atoms in total. The molecule has 0 heterocycles.